The highest BCUT2D eigenvalue weighted by molar-refractivity contribution is 6.25. The minimum atomic E-state index is -3.21. The molecule has 6 atom stereocenters. The monoisotopic (exact) mass is 476 g/mol. The number of aliphatic hydroxyl groups is 6. The van der Waals surface area contributed by atoms with Crippen LogP contribution in [0.1, 0.15) is 18.1 Å². The maximum Gasteiger partial charge on any atom is 0.255 e. The Morgan fingerprint density at radius 2 is 1.68 bits per heavy atom. The second-order valence-corrected chi connectivity index (χ2v) is 9.19. The van der Waals surface area contributed by atoms with Crippen molar-refractivity contribution in [3.05, 3.63) is 46.2 Å². The van der Waals surface area contributed by atoms with Gasteiger partial charge in [-0.15, -0.1) is 0 Å². The molecule has 1 fully saturated rings. The summed E-state index contributed by atoms with van der Waals surface area (Å²) in [6, 6.07) is 1.98. The van der Waals surface area contributed by atoms with Crippen molar-refractivity contribution in [3.63, 3.8) is 0 Å². The van der Waals surface area contributed by atoms with Crippen LogP contribution < -0.4 is 5.73 Å². The van der Waals surface area contributed by atoms with E-state index in [9.17, 15) is 50.1 Å². The van der Waals surface area contributed by atoms with E-state index in [-0.39, 0.29) is 5.56 Å². The molecule has 34 heavy (non-hydrogen) atoms. The van der Waals surface area contributed by atoms with Crippen LogP contribution in [0.5, 0.6) is 5.75 Å². The first-order valence-electron chi connectivity index (χ1n) is 10.2. The molecule has 0 heterocycles. The Kier molecular flexibility index (Phi) is 4.82. The lowest BCUT2D eigenvalue weighted by Crippen LogP contribution is -2.78. The van der Waals surface area contributed by atoms with E-state index in [1.807, 2.05) is 0 Å². The number of carbonyl (C=O) groups is 3. The van der Waals surface area contributed by atoms with E-state index in [2.05, 4.69) is 0 Å². The lowest BCUT2D eigenvalue weighted by Gasteiger charge is -2.59. The Hall–Kier alpha value is -3.29. The Bertz CT molecular complexity index is 1230. The quantitative estimate of drug-likeness (QED) is 0.212. The highest BCUT2D eigenvalue weighted by atomic mass is 16.4. The summed E-state index contributed by atoms with van der Waals surface area (Å²) in [4.78, 5) is 39.9. The van der Waals surface area contributed by atoms with Crippen molar-refractivity contribution >= 4 is 23.2 Å². The van der Waals surface area contributed by atoms with Gasteiger partial charge in [0.1, 0.15) is 28.4 Å². The molecule has 1 aromatic carbocycles. The van der Waals surface area contributed by atoms with Gasteiger partial charge in [0, 0.05) is 5.56 Å². The predicted octanol–water partition coefficient (Wildman–Crippen LogP) is -2.29. The fourth-order valence-electron chi connectivity index (χ4n) is 5.57. The van der Waals surface area contributed by atoms with E-state index < -0.39 is 86.3 Å². The third kappa shape index (κ3) is 2.41. The van der Waals surface area contributed by atoms with Crippen molar-refractivity contribution in [2.75, 3.05) is 14.1 Å². The number of nitrogens with zero attached hydrogens (tertiary/aromatic N) is 1. The molecular weight excluding hydrogens is 452 g/mol. The van der Waals surface area contributed by atoms with Gasteiger partial charge in [-0.05, 0) is 27.1 Å². The smallest absolute Gasteiger partial charge is 0.255 e. The van der Waals surface area contributed by atoms with Crippen LogP contribution in [0.15, 0.2) is 35.1 Å². The molecule has 12 nitrogen and oxygen atoms in total. The first-order chi connectivity index (χ1) is 15.6. The topological polar surface area (TPSA) is 222 Å². The summed E-state index contributed by atoms with van der Waals surface area (Å²) in [6.07, 6.45) is -2.37. The largest absolute Gasteiger partial charge is 0.508 e. The van der Waals surface area contributed by atoms with Crippen LogP contribution in [0.4, 0.5) is 0 Å². The molecule has 12 heteroatoms. The van der Waals surface area contributed by atoms with Gasteiger partial charge in [0.2, 0.25) is 5.78 Å². The highest BCUT2D eigenvalue weighted by Crippen LogP contribution is 2.59. The summed E-state index contributed by atoms with van der Waals surface area (Å²) in [7, 11) is 2.64. The van der Waals surface area contributed by atoms with E-state index in [0.29, 0.717) is 0 Å². The van der Waals surface area contributed by atoms with Crippen molar-refractivity contribution < 1.29 is 50.1 Å². The number of aliphatic hydroxyl groups excluding tert-OH is 3. The first-order valence-corrected chi connectivity index (χ1v) is 10.2. The zero-order valence-corrected chi connectivity index (χ0v) is 18.3. The number of likely N-dealkylation sites (N-methyl/N-ethyl adjacent to an activating group) is 1. The number of benzene rings is 1. The summed E-state index contributed by atoms with van der Waals surface area (Å²) in [6.45, 7) is 1.01. The molecule has 1 saturated carbocycles. The number of rotatable bonds is 2. The summed E-state index contributed by atoms with van der Waals surface area (Å²) >= 11 is 0. The number of primary amides is 1. The van der Waals surface area contributed by atoms with Crippen LogP contribution in [-0.2, 0) is 20.0 Å². The standard InChI is InChI=1S/C22H24N2O10/c1-20(32)7-5-4-6-8(25)9(7)14(26)12-17(29)21(33)11(18(30)22(12,20)34)13(24(2)3)15(27)10(16(21)28)19(23)31/h4-6,11,13,18,25-26,28,30,32-34H,1-3H3,(H2,23,31)/t11-,13+,18-,20-,21-,22?/m1/s1. The normalized spacial score (nSPS) is 37.5. The van der Waals surface area contributed by atoms with Gasteiger partial charge in [0.15, 0.2) is 17.0 Å². The van der Waals surface area contributed by atoms with Crippen molar-refractivity contribution in [2.24, 2.45) is 11.7 Å². The summed E-state index contributed by atoms with van der Waals surface area (Å²) in [5, 5.41) is 78.1. The maximum absolute atomic E-state index is 13.7. The van der Waals surface area contributed by atoms with Gasteiger partial charge in [0.25, 0.3) is 5.91 Å². The molecule has 3 aliphatic carbocycles. The molecule has 1 amide bonds. The van der Waals surface area contributed by atoms with Crippen molar-refractivity contribution in [2.45, 2.75) is 35.9 Å². The molecular formula is C22H24N2O10. The second kappa shape index (κ2) is 6.87. The van der Waals surface area contributed by atoms with Gasteiger partial charge >= 0.3 is 0 Å². The zero-order chi connectivity index (χ0) is 25.7. The number of carbonyl (C=O) groups excluding carboxylic acids is 3. The number of phenols is 1. The Labute approximate surface area is 192 Å². The van der Waals surface area contributed by atoms with Crippen molar-refractivity contribution in [3.8, 4) is 5.75 Å². The number of aromatic hydroxyl groups is 1. The number of hydrogen-bond donors (Lipinski definition) is 8. The van der Waals surface area contributed by atoms with Gasteiger partial charge in [-0.2, -0.15) is 0 Å². The first kappa shape index (κ1) is 23.9. The van der Waals surface area contributed by atoms with Crippen LogP contribution in [0, 0.1) is 5.92 Å². The Balaban J connectivity index is 2.16. The molecule has 0 spiro atoms. The van der Waals surface area contributed by atoms with Crippen LogP contribution in [-0.4, -0.2) is 95.6 Å². The lowest BCUT2D eigenvalue weighted by molar-refractivity contribution is -0.236. The fraction of sp³-hybridized carbons (Fsp3) is 0.409. The van der Waals surface area contributed by atoms with Gasteiger partial charge < -0.3 is 41.5 Å². The summed E-state index contributed by atoms with van der Waals surface area (Å²) in [5.41, 5.74) is -6.49. The van der Waals surface area contributed by atoms with Crippen LogP contribution in [0.3, 0.4) is 0 Å². The number of amides is 1. The maximum atomic E-state index is 13.7. The fourth-order valence-corrected chi connectivity index (χ4v) is 5.57. The third-order valence-corrected chi connectivity index (χ3v) is 7.24. The number of nitrogens with two attached hydrogens (primary N) is 1. The number of hydrogen-bond acceptors (Lipinski definition) is 11. The zero-order valence-electron chi connectivity index (χ0n) is 18.3. The number of fused-ring (bicyclic) bond motifs is 3. The van der Waals surface area contributed by atoms with Crippen LogP contribution >= 0.6 is 0 Å². The van der Waals surface area contributed by atoms with Crippen molar-refractivity contribution in [1.82, 2.24) is 4.90 Å². The predicted molar refractivity (Wildman–Crippen MR) is 113 cm³/mol. The molecule has 0 radical (unpaired) electrons. The minimum Gasteiger partial charge on any atom is -0.508 e. The van der Waals surface area contributed by atoms with Gasteiger partial charge in [0.05, 0.1) is 29.2 Å². The van der Waals surface area contributed by atoms with Gasteiger partial charge in [-0.3, -0.25) is 19.3 Å². The van der Waals surface area contributed by atoms with E-state index in [1.54, 1.807) is 0 Å². The van der Waals surface area contributed by atoms with Crippen LogP contribution in [0.2, 0.25) is 0 Å². The minimum absolute atomic E-state index is 0.255. The van der Waals surface area contributed by atoms with E-state index in [1.165, 1.54) is 26.2 Å². The summed E-state index contributed by atoms with van der Waals surface area (Å²) in [5.74, 6) is -9.34. The average molecular weight is 476 g/mol. The third-order valence-electron chi connectivity index (χ3n) is 7.24. The van der Waals surface area contributed by atoms with Gasteiger partial charge in [-0.25, -0.2) is 0 Å². The molecule has 182 valence electrons. The Morgan fingerprint density at radius 3 is 2.21 bits per heavy atom. The molecule has 1 aromatic rings. The van der Waals surface area contributed by atoms with E-state index in [4.69, 9.17) is 5.73 Å². The molecule has 9 N–H and O–H groups in total. The molecule has 0 bridgehead atoms. The lowest BCUT2D eigenvalue weighted by atomic mass is 9.51. The molecule has 0 saturated heterocycles. The van der Waals surface area contributed by atoms with Crippen LogP contribution in [0.25, 0.3) is 5.76 Å². The molecule has 1 unspecified atom stereocenters. The number of phenolic OH excluding ortho intramolecular Hbond substituents is 1. The van der Waals surface area contributed by atoms with E-state index >= 15 is 0 Å². The van der Waals surface area contributed by atoms with Crippen molar-refractivity contribution in [1.29, 1.82) is 0 Å². The molecule has 3 aliphatic rings. The molecule has 4 rings (SSSR count). The highest BCUT2D eigenvalue weighted by Gasteiger charge is 2.75. The number of ketones is 2. The Morgan fingerprint density at radius 1 is 1.09 bits per heavy atom. The number of Topliss-reactive ketones (excluding diaryl/α,β-unsaturated/α-hetero) is 2. The SMILES string of the molecule is CN(C)[C@@H]1C(=O)C(C(N)=O)=C(O)[C@@]2(O)C(=O)C3=C(O)c4c(O)cccc4[C@@](C)(O)C3(O)[C@H](O)[C@@H]12. The summed E-state index contributed by atoms with van der Waals surface area (Å²) < 4.78 is 0. The van der Waals surface area contributed by atoms with E-state index in [0.717, 1.165) is 17.9 Å². The average Bonchev–Trinajstić information content (AvgIpc) is 2.72. The van der Waals surface area contributed by atoms with Gasteiger partial charge in [-0.1, -0.05) is 12.1 Å². The molecule has 0 aliphatic heterocycles. The molecule has 0 aromatic heterocycles. The second-order valence-electron chi connectivity index (χ2n) is 9.19.